The van der Waals surface area contributed by atoms with E-state index < -0.39 is 73.2 Å². The van der Waals surface area contributed by atoms with Crippen LogP contribution in [0.1, 0.15) is 6.42 Å². The zero-order valence-corrected chi connectivity index (χ0v) is 14.3. The van der Waals surface area contributed by atoms with E-state index in [4.69, 9.17) is 0 Å². The second kappa shape index (κ2) is 8.68. The molecule has 0 aliphatic carbocycles. The summed E-state index contributed by atoms with van der Waals surface area (Å²) < 4.78 is 180. The average Bonchev–Trinajstić information content (AvgIpc) is 2.55. The van der Waals surface area contributed by atoms with Crippen molar-refractivity contribution >= 4 is 11.9 Å². The van der Waals surface area contributed by atoms with E-state index in [2.05, 4.69) is 16.1 Å². The first kappa shape index (κ1) is 28.7. The molecule has 0 saturated carbocycles. The molecule has 0 radical (unpaired) electrons. The highest BCUT2D eigenvalue weighted by molar-refractivity contribution is 5.93. The molecule has 0 aromatic carbocycles. The van der Waals surface area contributed by atoms with Gasteiger partial charge in [0.1, 0.15) is 0 Å². The van der Waals surface area contributed by atoms with Crippen molar-refractivity contribution in [1.29, 1.82) is 0 Å². The molecule has 0 heterocycles. The summed E-state index contributed by atoms with van der Waals surface area (Å²) in [6, 6.07) is 0. The predicted molar refractivity (Wildman–Crippen MR) is 67.6 cm³/mol. The summed E-state index contributed by atoms with van der Waals surface area (Å²) in [7, 11) is 0. The lowest BCUT2D eigenvalue weighted by molar-refractivity contribution is -0.360. The molecule has 0 bridgehead atoms. The molecular weight excluding hydrogens is 486 g/mol. The number of carbonyl (C=O) groups is 2. The molecule has 31 heavy (non-hydrogen) atoms. The molecule has 0 spiro atoms. The van der Waals surface area contributed by atoms with Gasteiger partial charge < -0.3 is 9.47 Å². The molecule has 0 unspecified atom stereocenters. The fourth-order valence-corrected chi connectivity index (χ4v) is 1.32. The first-order chi connectivity index (χ1) is 13.4. The van der Waals surface area contributed by atoms with Crippen LogP contribution < -0.4 is 0 Å². The van der Waals surface area contributed by atoms with E-state index in [1.54, 1.807) is 0 Å². The molecule has 0 saturated heterocycles. The molecule has 0 rings (SSSR count). The van der Waals surface area contributed by atoms with Crippen molar-refractivity contribution in [3.8, 4) is 0 Å². The Hall–Kier alpha value is -2.30. The number of esters is 2. The number of halogens is 14. The Bertz CT molecular complexity index is 691. The quantitative estimate of drug-likeness (QED) is 0.266. The average molecular weight is 494 g/mol. The second-order valence-electron chi connectivity index (χ2n) is 5.57. The number of carbonyl (C=O) groups excluding carboxylic acids is 2. The van der Waals surface area contributed by atoms with E-state index in [-0.39, 0.29) is 0 Å². The fourth-order valence-electron chi connectivity index (χ4n) is 1.32. The maximum Gasteiger partial charge on any atom is 0.460 e. The van der Waals surface area contributed by atoms with Crippen molar-refractivity contribution in [1.82, 2.24) is 0 Å². The van der Waals surface area contributed by atoms with E-state index >= 15 is 0 Å². The smallest absolute Gasteiger partial charge is 0.459 e. The normalized spacial score (nSPS) is 14.3. The largest absolute Gasteiger partial charge is 0.460 e. The molecule has 18 heteroatoms. The first-order valence-electron chi connectivity index (χ1n) is 7.06. The van der Waals surface area contributed by atoms with Crippen LogP contribution in [0.4, 0.5) is 61.5 Å². The highest BCUT2D eigenvalue weighted by atomic mass is 19.4. The SMILES string of the molecule is C=C(CC(=O)OCC(F)(F)C(F)(F)C(F)(F)F)C(=O)OCC(F)(F)C(F)(F)C(F)(F)F. The van der Waals surface area contributed by atoms with Crippen molar-refractivity contribution in [2.75, 3.05) is 13.2 Å². The molecule has 0 fully saturated rings. The van der Waals surface area contributed by atoms with E-state index in [9.17, 15) is 71.1 Å². The lowest BCUT2D eigenvalue weighted by Crippen LogP contribution is -2.54. The van der Waals surface area contributed by atoms with Gasteiger partial charge >= 0.3 is 48.0 Å². The monoisotopic (exact) mass is 494 g/mol. The minimum atomic E-state index is -6.76. The third-order valence-electron chi connectivity index (χ3n) is 3.08. The number of hydrogen-bond acceptors (Lipinski definition) is 4. The van der Waals surface area contributed by atoms with Crippen LogP contribution >= 0.6 is 0 Å². The molecule has 0 atom stereocenters. The van der Waals surface area contributed by atoms with E-state index in [0.717, 1.165) is 0 Å². The first-order valence-corrected chi connectivity index (χ1v) is 7.06. The Morgan fingerprint density at radius 3 is 1.26 bits per heavy atom. The van der Waals surface area contributed by atoms with E-state index in [0.29, 0.717) is 0 Å². The maximum absolute atomic E-state index is 12.9. The molecule has 0 N–H and O–H groups in total. The molecule has 0 aromatic heterocycles. The topological polar surface area (TPSA) is 52.6 Å². The van der Waals surface area contributed by atoms with Gasteiger partial charge in [-0.2, -0.15) is 61.5 Å². The zero-order chi connectivity index (χ0) is 25.3. The number of hydrogen-bond donors (Lipinski definition) is 0. The van der Waals surface area contributed by atoms with Crippen LogP contribution in [0, 0.1) is 0 Å². The van der Waals surface area contributed by atoms with Crippen molar-refractivity contribution in [3.05, 3.63) is 12.2 Å². The summed E-state index contributed by atoms with van der Waals surface area (Å²) in [4.78, 5) is 22.3. The van der Waals surface area contributed by atoms with Crippen LogP contribution in [0.15, 0.2) is 12.2 Å². The fraction of sp³-hybridized carbons (Fsp3) is 0.692. The van der Waals surface area contributed by atoms with Crippen LogP contribution in [0.25, 0.3) is 0 Å². The lowest BCUT2D eigenvalue weighted by atomic mass is 10.1. The highest BCUT2D eigenvalue weighted by Crippen LogP contribution is 2.47. The van der Waals surface area contributed by atoms with E-state index in [1.807, 2.05) is 0 Å². The summed E-state index contributed by atoms with van der Waals surface area (Å²) in [6.45, 7) is -3.16. The zero-order valence-electron chi connectivity index (χ0n) is 14.3. The van der Waals surface area contributed by atoms with Crippen molar-refractivity contribution in [2.24, 2.45) is 0 Å². The van der Waals surface area contributed by atoms with Gasteiger partial charge in [-0.05, 0) is 0 Å². The van der Waals surface area contributed by atoms with Gasteiger partial charge in [0.15, 0.2) is 13.2 Å². The molecule has 0 amide bonds. The Morgan fingerprint density at radius 1 is 0.613 bits per heavy atom. The minimum absolute atomic E-state index is 1.39. The predicted octanol–water partition coefficient (Wildman–Crippen LogP) is 4.68. The van der Waals surface area contributed by atoms with Crippen LogP contribution in [-0.2, 0) is 19.1 Å². The van der Waals surface area contributed by atoms with Crippen molar-refractivity contribution < 1.29 is 80.5 Å². The van der Waals surface area contributed by atoms with Gasteiger partial charge in [-0.1, -0.05) is 6.58 Å². The summed E-state index contributed by atoms with van der Waals surface area (Å²) in [5, 5.41) is 0. The summed E-state index contributed by atoms with van der Waals surface area (Å²) >= 11 is 0. The molecular formula is C13H8F14O4. The van der Waals surface area contributed by atoms with Gasteiger partial charge in [0.05, 0.1) is 6.42 Å². The van der Waals surface area contributed by atoms with Crippen LogP contribution in [0.5, 0.6) is 0 Å². The van der Waals surface area contributed by atoms with Gasteiger partial charge in [0.25, 0.3) is 0 Å². The lowest BCUT2D eigenvalue weighted by Gasteiger charge is -2.28. The molecule has 0 aliphatic rings. The summed E-state index contributed by atoms with van der Waals surface area (Å²) in [5.74, 6) is -29.7. The van der Waals surface area contributed by atoms with E-state index in [1.165, 1.54) is 0 Å². The van der Waals surface area contributed by atoms with Gasteiger partial charge in [-0.25, -0.2) is 4.79 Å². The summed E-state index contributed by atoms with van der Waals surface area (Å²) in [5.41, 5.74) is -1.39. The Morgan fingerprint density at radius 2 is 0.935 bits per heavy atom. The number of ether oxygens (including phenoxy) is 2. The Labute approximate surface area is 161 Å². The van der Waals surface area contributed by atoms with Gasteiger partial charge in [0, 0.05) is 5.57 Å². The van der Waals surface area contributed by atoms with Gasteiger partial charge in [-0.15, -0.1) is 0 Å². The third-order valence-corrected chi connectivity index (χ3v) is 3.08. The van der Waals surface area contributed by atoms with Gasteiger partial charge in [0.2, 0.25) is 0 Å². The number of alkyl halides is 14. The Balaban J connectivity index is 4.90. The third kappa shape index (κ3) is 6.34. The highest BCUT2D eigenvalue weighted by Gasteiger charge is 2.74. The second-order valence-corrected chi connectivity index (χ2v) is 5.57. The molecule has 0 aromatic rings. The minimum Gasteiger partial charge on any atom is -0.459 e. The summed E-state index contributed by atoms with van der Waals surface area (Å²) in [6.07, 6.45) is -15.2. The molecule has 0 aliphatic heterocycles. The van der Waals surface area contributed by atoms with Crippen molar-refractivity contribution in [3.63, 3.8) is 0 Å². The van der Waals surface area contributed by atoms with Crippen molar-refractivity contribution in [2.45, 2.75) is 42.5 Å². The van der Waals surface area contributed by atoms with Crippen LogP contribution in [0.2, 0.25) is 0 Å². The van der Waals surface area contributed by atoms with Crippen LogP contribution in [0.3, 0.4) is 0 Å². The number of rotatable bonds is 9. The standard InChI is InChI=1S/C13H8F14O4/c1-5(7(29)31-4-9(16,17)11(20,21)13(25,26)27)2-6(28)30-3-8(14,15)10(18,19)12(22,23)24/h1-4H2. The maximum atomic E-state index is 12.9. The molecule has 4 nitrogen and oxygen atoms in total. The van der Waals surface area contributed by atoms with Crippen LogP contribution in [-0.4, -0.2) is 61.2 Å². The Kier molecular flexibility index (Phi) is 8.03. The molecule has 182 valence electrons. The van der Waals surface area contributed by atoms with Gasteiger partial charge in [-0.3, -0.25) is 4.79 Å².